The molecule has 1 aromatic carbocycles. The van der Waals surface area contributed by atoms with Gasteiger partial charge in [0.25, 0.3) is 0 Å². The van der Waals surface area contributed by atoms with E-state index in [-0.39, 0.29) is 11.3 Å². The molecule has 4 nitrogen and oxygen atoms in total. The molecule has 4 saturated carbocycles. The molecule has 2 unspecified atom stereocenters. The molecule has 142 valence electrons. The van der Waals surface area contributed by atoms with Gasteiger partial charge in [0.05, 0.1) is 19.6 Å². The van der Waals surface area contributed by atoms with Crippen LogP contribution in [0, 0.1) is 22.2 Å². The zero-order valence-electron chi connectivity index (χ0n) is 16.5. The Hall–Kier alpha value is -1.71. The number of nitrogens with one attached hydrogen (secondary N) is 1. The lowest BCUT2D eigenvalue weighted by molar-refractivity contribution is -0.170. The third kappa shape index (κ3) is 2.87. The van der Waals surface area contributed by atoms with Gasteiger partial charge in [-0.2, -0.15) is 0 Å². The van der Waals surface area contributed by atoms with Crippen molar-refractivity contribution in [2.45, 2.75) is 58.9 Å². The lowest BCUT2D eigenvalue weighted by Crippen LogP contribution is -2.59. The van der Waals surface area contributed by atoms with Crippen LogP contribution in [0.5, 0.6) is 11.5 Å². The van der Waals surface area contributed by atoms with Crippen molar-refractivity contribution in [2.24, 2.45) is 22.2 Å². The molecule has 4 fully saturated rings. The molecule has 26 heavy (non-hydrogen) atoms. The van der Waals surface area contributed by atoms with Crippen LogP contribution in [0.2, 0.25) is 0 Å². The van der Waals surface area contributed by atoms with Crippen LogP contribution in [0.15, 0.2) is 18.2 Å². The van der Waals surface area contributed by atoms with E-state index in [2.05, 4.69) is 19.2 Å². The van der Waals surface area contributed by atoms with Crippen molar-refractivity contribution in [3.8, 4) is 11.5 Å². The quantitative estimate of drug-likeness (QED) is 0.854. The number of hydrogen-bond acceptors (Lipinski definition) is 3. The van der Waals surface area contributed by atoms with E-state index >= 15 is 0 Å². The third-order valence-corrected chi connectivity index (χ3v) is 7.01. The molecular formula is C22H31NO3. The van der Waals surface area contributed by atoms with Gasteiger partial charge in [-0.1, -0.05) is 19.9 Å². The normalized spacial score (nSPS) is 37.5. The fraction of sp³-hybridized carbons (Fsp3) is 0.682. The Balaban J connectivity index is 1.49. The molecule has 1 amide bonds. The summed E-state index contributed by atoms with van der Waals surface area (Å²) in [6, 6.07) is 5.83. The Morgan fingerprint density at radius 1 is 1.04 bits per heavy atom. The summed E-state index contributed by atoms with van der Waals surface area (Å²) in [5.74, 6) is 2.40. The Labute approximate surface area is 156 Å². The number of benzene rings is 1. The van der Waals surface area contributed by atoms with Gasteiger partial charge in [-0.3, -0.25) is 4.79 Å². The van der Waals surface area contributed by atoms with Crippen molar-refractivity contribution in [3.05, 3.63) is 23.8 Å². The maximum Gasteiger partial charge on any atom is 0.226 e. The van der Waals surface area contributed by atoms with E-state index in [4.69, 9.17) is 9.47 Å². The molecule has 4 heteroatoms. The molecule has 1 N–H and O–H groups in total. The molecule has 0 aromatic heterocycles. The van der Waals surface area contributed by atoms with Gasteiger partial charge in [-0.05, 0) is 73.0 Å². The highest BCUT2D eigenvalue weighted by atomic mass is 16.5. The largest absolute Gasteiger partial charge is 0.493 e. The predicted molar refractivity (Wildman–Crippen MR) is 101 cm³/mol. The fourth-order valence-electron chi connectivity index (χ4n) is 7.06. The van der Waals surface area contributed by atoms with E-state index in [9.17, 15) is 4.79 Å². The molecule has 0 saturated heterocycles. The summed E-state index contributed by atoms with van der Waals surface area (Å²) in [7, 11) is 3.27. The summed E-state index contributed by atoms with van der Waals surface area (Å²) in [4.78, 5) is 13.3. The van der Waals surface area contributed by atoms with Gasteiger partial charge in [0, 0.05) is 6.54 Å². The second-order valence-electron chi connectivity index (χ2n) is 9.78. The van der Waals surface area contributed by atoms with E-state index in [0.29, 0.717) is 28.9 Å². The van der Waals surface area contributed by atoms with Gasteiger partial charge >= 0.3 is 0 Å². The zero-order valence-corrected chi connectivity index (χ0v) is 16.5. The van der Waals surface area contributed by atoms with Crippen molar-refractivity contribution in [3.63, 3.8) is 0 Å². The first-order chi connectivity index (χ1) is 12.3. The minimum absolute atomic E-state index is 0.153. The monoisotopic (exact) mass is 357 g/mol. The first-order valence-electron chi connectivity index (χ1n) is 9.78. The minimum atomic E-state index is -0.153. The third-order valence-electron chi connectivity index (χ3n) is 7.01. The van der Waals surface area contributed by atoms with Gasteiger partial charge < -0.3 is 14.8 Å². The summed E-state index contributed by atoms with van der Waals surface area (Å²) in [5.41, 5.74) is 1.60. The first-order valence-corrected chi connectivity index (χ1v) is 9.78. The zero-order chi connectivity index (χ0) is 18.6. The fourth-order valence-corrected chi connectivity index (χ4v) is 7.06. The van der Waals surface area contributed by atoms with Crippen molar-refractivity contribution in [1.82, 2.24) is 5.32 Å². The van der Waals surface area contributed by atoms with E-state index in [1.165, 1.54) is 19.3 Å². The molecule has 4 aliphatic carbocycles. The summed E-state index contributed by atoms with van der Waals surface area (Å²) in [6.07, 6.45) is 7.12. The smallest absolute Gasteiger partial charge is 0.226 e. The molecule has 5 rings (SSSR count). The molecule has 0 spiro atoms. The van der Waals surface area contributed by atoms with Crippen LogP contribution >= 0.6 is 0 Å². The van der Waals surface area contributed by atoms with E-state index in [0.717, 1.165) is 30.7 Å². The van der Waals surface area contributed by atoms with Crippen LogP contribution in [0.3, 0.4) is 0 Å². The Morgan fingerprint density at radius 3 is 2.27 bits per heavy atom. The standard InChI is InChI=1S/C22H31NO3/c1-20-8-16-9-21(2,12-20)14-22(10-16,13-20)19(24)23-11-15-5-6-17(25-3)18(7-15)26-4/h5-7,16H,8-14H2,1-4H3,(H,23,24). The molecule has 4 bridgehead atoms. The number of hydrogen-bond donors (Lipinski definition) is 1. The summed E-state index contributed by atoms with van der Waals surface area (Å²) in [5, 5.41) is 3.24. The second-order valence-corrected chi connectivity index (χ2v) is 9.78. The average molecular weight is 357 g/mol. The highest BCUT2D eigenvalue weighted by molar-refractivity contribution is 5.83. The number of rotatable bonds is 5. The molecule has 0 aliphatic heterocycles. The second kappa shape index (κ2) is 5.90. The van der Waals surface area contributed by atoms with Crippen LogP contribution in [0.25, 0.3) is 0 Å². The van der Waals surface area contributed by atoms with E-state index < -0.39 is 0 Å². The molecule has 1 aromatic rings. The Bertz CT molecular complexity index is 710. The van der Waals surface area contributed by atoms with Crippen LogP contribution in [-0.4, -0.2) is 20.1 Å². The number of carbonyl (C=O) groups excluding carboxylic acids is 1. The van der Waals surface area contributed by atoms with Crippen molar-refractivity contribution < 1.29 is 14.3 Å². The predicted octanol–water partition coefficient (Wildman–Crippen LogP) is 4.32. The molecule has 2 atom stereocenters. The van der Waals surface area contributed by atoms with E-state index in [1.807, 2.05) is 18.2 Å². The highest BCUT2D eigenvalue weighted by Crippen LogP contribution is 2.69. The Morgan fingerprint density at radius 2 is 1.69 bits per heavy atom. The number of carbonyl (C=O) groups is 1. The van der Waals surface area contributed by atoms with Crippen LogP contribution < -0.4 is 14.8 Å². The first kappa shape index (κ1) is 17.7. The molecule has 4 aliphatic rings. The van der Waals surface area contributed by atoms with Crippen LogP contribution in [0.1, 0.15) is 57.9 Å². The lowest BCUT2D eigenvalue weighted by Gasteiger charge is -2.64. The van der Waals surface area contributed by atoms with E-state index in [1.54, 1.807) is 14.2 Å². The van der Waals surface area contributed by atoms with Crippen molar-refractivity contribution in [2.75, 3.05) is 14.2 Å². The summed E-state index contributed by atoms with van der Waals surface area (Å²) < 4.78 is 10.7. The van der Waals surface area contributed by atoms with Gasteiger partial charge in [-0.25, -0.2) is 0 Å². The van der Waals surface area contributed by atoms with Crippen molar-refractivity contribution in [1.29, 1.82) is 0 Å². The lowest BCUT2D eigenvalue weighted by atomic mass is 9.40. The van der Waals surface area contributed by atoms with Gasteiger partial charge in [0.15, 0.2) is 11.5 Å². The summed E-state index contributed by atoms with van der Waals surface area (Å²) in [6.45, 7) is 5.36. The molecule has 0 heterocycles. The van der Waals surface area contributed by atoms with Crippen LogP contribution in [0.4, 0.5) is 0 Å². The maximum atomic E-state index is 13.3. The minimum Gasteiger partial charge on any atom is -0.493 e. The van der Waals surface area contributed by atoms with Crippen molar-refractivity contribution >= 4 is 5.91 Å². The van der Waals surface area contributed by atoms with Gasteiger partial charge in [-0.15, -0.1) is 0 Å². The SMILES string of the molecule is COc1ccc(CNC(=O)C23CC4CC(C)(CC(C)(C4)C2)C3)cc1OC. The highest BCUT2D eigenvalue weighted by Gasteiger charge is 2.62. The van der Waals surface area contributed by atoms with Gasteiger partial charge in [0.2, 0.25) is 5.91 Å². The maximum absolute atomic E-state index is 13.3. The molecule has 0 radical (unpaired) electrons. The average Bonchev–Trinajstić information content (AvgIpc) is 2.56. The Kier molecular flexibility index (Phi) is 4.01. The number of methoxy groups -OCH3 is 2. The topological polar surface area (TPSA) is 47.6 Å². The van der Waals surface area contributed by atoms with Gasteiger partial charge in [0.1, 0.15) is 0 Å². The molecular weight excluding hydrogens is 326 g/mol. The number of amides is 1. The number of ether oxygens (including phenoxy) is 2. The van der Waals surface area contributed by atoms with Crippen LogP contribution in [-0.2, 0) is 11.3 Å². The summed E-state index contributed by atoms with van der Waals surface area (Å²) >= 11 is 0.